The summed E-state index contributed by atoms with van der Waals surface area (Å²) < 4.78 is 0. The van der Waals surface area contributed by atoms with Crippen molar-refractivity contribution in [3.63, 3.8) is 0 Å². The topological polar surface area (TPSA) is 103 Å². The minimum absolute atomic E-state index is 0.911. The first kappa shape index (κ1) is 54.2. The molecule has 8 nitrogen and oxygen atoms in total. The van der Waals surface area contributed by atoms with E-state index >= 15 is 0 Å². The van der Waals surface area contributed by atoms with Gasteiger partial charge in [0.1, 0.15) is 0 Å². The second-order valence-corrected chi connectivity index (χ2v) is 23.9. The summed E-state index contributed by atoms with van der Waals surface area (Å²) >= 11 is 0. The number of fused-ring (bicyclic) bond motifs is 12. The molecule has 8 heteroatoms. The van der Waals surface area contributed by atoms with Crippen molar-refractivity contribution in [1.82, 2.24) is 39.9 Å². The second-order valence-electron chi connectivity index (χ2n) is 23.9. The molecule has 0 aliphatic heterocycles. The van der Waals surface area contributed by atoms with Gasteiger partial charge in [-0.05, 0) is 141 Å². The summed E-state index contributed by atoms with van der Waals surface area (Å²) in [7, 11) is 0. The highest BCUT2D eigenvalue weighted by Crippen LogP contribution is 2.38. The van der Waals surface area contributed by atoms with E-state index < -0.39 is 0 Å². The quantitative estimate of drug-likeness (QED) is 0.145. The van der Waals surface area contributed by atoms with Crippen LogP contribution in [0.25, 0.3) is 187 Å². The normalized spacial score (nSPS) is 11.6. The second kappa shape index (κ2) is 22.6. The summed E-state index contributed by atoms with van der Waals surface area (Å²) in [4.78, 5) is 39.3. The van der Waals surface area contributed by atoms with Crippen LogP contribution in [0.15, 0.2) is 316 Å². The number of pyridine rings is 8. The van der Waals surface area contributed by atoms with Crippen molar-refractivity contribution in [3.05, 3.63) is 316 Å². The Kier molecular flexibility index (Phi) is 13.0. The van der Waals surface area contributed by atoms with Gasteiger partial charge in [-0.3, -0.25) is 15.0 Å². The largest absolute Gasteiger partial charge is 0.256 e. The fraction of sp³-hybridized carbons (Fsp3) is 0. The molecule has 0 aliphatic carbocycles. The lowest BCUT2D eigenvalue weighted by Gasteiger charge is -2.12. The van der Waals surface area contributed by atoms with Crippen LogP contribution in [0, 0.1) is 0 Å². The Morgan fingerprint density at radius 3 is 1.17 bits per heavy atom. The van der Waals surface area contributed by atoms with Gasteiger partial charge < -0.3 is 0 Å². The Labute approximate surface area is 539 Å². The maximum atomic E-state index is 5.14. The van der Waals surface area contributed by atoms with Gasteiger partial charge in [0, 0.05) is 89.5 Å². The average Bonchev–Trinajstić information content (AvgIpc) is 0.822. The molecule has 436 valence electrons. The highest BCUT2D eigenvalue weighted by atomic mass is 14.8. The molecule has 0 amide bonds. The summed E-state index contributed by atoms with van der Waals surface area (Å²) in [5, 5.41) is 13.8. The van der Waals surface area contributed by atoms with Gasteiger partial charge in [0.2, 0.25) is 0 Å². The fourth-order valence-electron chi connectivity index (χ4n) is 13.4. The van der Waals surface area contributed by atoms with Crippen molar-refractivity contribution < 1.29 is 0 Å². The van der Waals surface area contributed by atoms with E-state index in [4.69, 9.17) is 24.9 Å². The lowest BCUT2D eigenvalue weighted by molar-refractivity contribution is 1.36. The van der Waals surface area contributed by atoms with E-state index in [1.54, 1.807) is 0 Å². The first-order valence-corrected chi connectivity index (χ1v) is 31.5. The molecular weight excluding hydrogens is 1150 g/mol. The zero-order chi connectivity index (χ0) is 62.1. The van der Waals surface area contributed by atoms with E-state index in [1.807, 2.05) is 36.8 Å². The third-order valence-electron chi connectivity index (χ3n) is 18.2. The smallest absolute Gasteiger partial charge is 0.0972 e. The van der Waals surface area contributed by atoms with Gasteiger partial charge in [0.15, 0.2) is 0 Å². The number of para-hydroxylation sites is 2. The monoisotopic (exact) mass is 1200 g/mol. The number of benzene rings is 11. The van der Waals surface area contributed by atoms with Crippen molar-refractivity contribution in [2.45, 2.75) is 0 Å². The Morgan fingerprint density at radius 1 is 0.170 bits per heavy atom. The Balaban J connectivity index is 0.000000139. The van der Waals surface area contributed by atoms with E-state index in [1.165, 1.54) is 21.5 Å². The predicted molar refractivity (Wildman–Crippen MR) is 388 cm³/mol. The van der Waals surface area contributed by atoms with Crippen LogP contribution < -0.4 is 0 Å². The van der Waals surface area contributed by atoms with Crippen LogP contribution in [0.4, 0.5) is 0 Å². The van der Waals surface area contributed by atoms with Crippen LogP contribution in [-0.4, -0.2) is 39.9 Å². The Morgan fingerprint density at radius 2 is 0.564 bits per heavy atom. The molecule has 11 aromatic carbocycles. The summed E-state index contributed by atoms with van der Waals surface area (Å²) in [6.45, 7) is 0. The van der Waals surface area contributed by atoms with Crippen LogP contribution in [0.3, 0.4) is 0 Å². The molecule has 0 fully saturated rings. The minimum atomic E-state index is 0.911. The van der Waals surface area contributed by atoms with Gasteiger partial charge in [-0.1, -0.05) is 200 Å². The first-order chi connectivity index (χ1) is 46.5. The maximum absolute atomic E-state index is 5.14. The number of aromatic nitrogens is 8. The SMILES string of the molecule is c1cc(-c2ccc3cc(-c4ccc5ccc(-c6cccc7cccnc67)nc5c4)ccc3n2)cc(-c2ccc3ccc4cccnc4c3n2)c1.c1cnc2c(-c3ccc4ccc(-c5ccc6nc(-c7cc8ccccc8c8ccccc78)ccc6c5)cc4n3)cccc2c1. The van der Waals surface area contributed by atoms with Crippen molar-refractivity contribution in [1.29, 1.82) is 0 Å². The third-order valence-corrected chi connectivity index (χ3v) is 18.2. The van der Waals surface area contributed by atoms with Gasteiger partial charge in [0.25, 0.3) is 0 Å². The zero-order valence-corrected chi connectivity index (χ0v) is 50.6. The van der Waals surface area contributed by atoms with Gasteiger partial charge in [-0.2, -0.15) is 0 Å². The molecule has 0 aliphatic rings. The molecule has 19 aromatic rings. The molecule has 0 atom stereocenters. The first-order valence-electron chi connectivity index (χ1n) is 31.5. The molecule has 0 radical (unpaired) electrons. The molecule has 8 heterocycles. The van der Waals surface area contributed by atoms with Crippen molar-refractivity contribution in [2.24, 2.45) is 0 Å². The minimum Gasteiger partial charge on any atom is -0.256 e. The molecule has 8 aromatic heterocycles. The molecule has 94 heavy (non-hydrogen) atoms. The van der Waals surface area contributed by atoms with Crippen LogP contribution in [0.1, 0.15) is 0 Å². The summed E-state index contributed by atoms with van der Waals surface area (Å²) in [6, 6.07) is 104. The van der Waals surface area contributed by atoms with E-state index in [0.29, 0.717) is 0 Å². The molecule has 0 spiro atoms. The lowest BCUT2D eigenvalue weighted by atomic mass is 9.95. The van der Waals surface area contributed by atoms with Gasteiger partial charge >= 0.3 is 0 Å². The Hall–Kier alpha value is -12.8. The molecule has 0 saturated carbocycles. The van der Waals surface area contributed by atoms with E-state index in [0.717, 1.165) is 166 Å². The number of rotatable bonds is 7. The van der Waals surface area contributed by atoms with E-state index in [9.17, 15) is 0 Å². The highest BCUT2D eigenvalue weighted by molar-refractivity contribution is 6.14. The molecular formula is C86H52N8. The van der Waals surface area contributed by atoms with Crippen LogP contribution in [-0.2, 0) is 0 Å². The summed E-state index contributed by atoms with van der Waals surface area (Å²) in [5.41, 5.74) is 22.1. The van der Waals surface area contributed by atoms with Crippen LogP contribution in [0.2, 0.25) is 0 Å². The zero-order valence-electron chi connectivity index (χ0n) is 50.6. The van der Waals surface area contributed by atoms with Crippen molar-refractivity contribution in [3.8, 4) is 78.5 Å². The average molecular weight is 1200 g/mol. The summed E-state index contributed by atoms with van der Waals surface area (Å²) in [6.07, 6.45) is 5.50. The Bertz CT molecular complexity index is 6270. The molecule has 0 N–H and O–H groups in total. The van der Waals surface area contributed by atoms with Crippen molar-refractivity contribution in [2.75, 3.05) is 0 Å². The fourth-order valence-corrected chi connectivity index (χ4v) is 13.4. The highest BCUT2D eigenvalue weighted by Gasteiger charge is 2.15. The van der Waals surface area contributed by atoms with Crippen molar-refractivity contribution >= 4 is 109 Å². The number of nitrogens with zero attached hydrogens (tertiary/aromatic N) is 8. The summed E-state index contributed by atoms with van der Waals surface area (Å²) in [5.74, 6) is 0. The van der Waals surface area contributed by atoms with Gasteiger partial charge in [0.05, 0.1) is 72.6 Å². The number of hydrogen-bond acceptors (Lipinski definition) is 8. The third kappa shape index (κ3) is 9.82. The predicted octanol–water partition coefficient (Wildman–Crippen LogP) is 21.7. The lowest BCUT2D eigenvalue weighted by Crippen LogP contribution is -1.90. The number of hydrogen-bond donors (Lipinski definition) is 0. The van der Waals surface area contributed by atoms with E-state index in [-0.39, 0.29) is 0 Å². The van der Waals surface area contributed by atoms with Crippen LogP contribution >= 0.6 is 0 Å². The van der Waals surface area contributed by atoms with E-state index in [2.05, 4.69) is 294 Å². The van der Waals surface area contributed by atoms with Gasteiger partial charge in [-0.25, -0.2) is 24.9 Å². The maximum Gasteiger partial charge on any atom is 0.0972 e. The molecule has 0 bridgehead atoms. The molecule has 0 saturated heterocycles. The standard InChI is InChI=1S/C45H27N5.C41H25N3/c1-6-34(26-35(7-1)40-19-16-31-13-12-30-9-4-24-47-44(30)45(31)50-40)38-21-18-36-25-32(17-20-39(36)48-38)33-14-11-28-15-22-41(49-42(28)27-33)37-10-2-5-29-8-3-23-46-43(29)37;1-2-10-32-30(7-1)24-36(34-12-4-3-11-33(32)34)39-21-18-31-23-28(17-19-37(31)43-39)29-15-14-26-16-20-38(44-40(26)25-29)35-13-5-8-27-9-6-22-42-41(27)35/h1-27H;1-25H. The molecule has 19 rings (SSSR count). The van der Waals surface area contributed by atoms with Crippen LogP contribution in [0.5, 0.6) is 0 Å². The molecule has 0 unspecified atom stereocenters. The van der Waals surface area contributed by atoms with Gasteiger partial charge in [-0.15, -0.1) is 0 Å².